The van der Waals surface area contributed by atoms with Crippen LogP contribution in [0.2, 0.25) is 0 Å². The summed E-state index contributed by atoms with van der Waals surface area (Å²) in [5.41, 5.74) is -3.80. The summed E-state index contributed by atoms with van der Waals surface area (Å²) in [4.78, 5) is 13.3. The number of rotatable bonds is 2. The standard InChI is InChI=1S/C8H3F5INO2/c9-6(10)4-2(14)1-3(8(11,12)13)15-5(4)7(16)17/h1,6H,(H,16,17). The molecule has 0 unspecified atom stereocenters. The third kappa shape index (κ3) is 3.01. The highest BCUT2D eigenvalue weighted by Gasteiger charge is 2.36. The number of carboxylic acids is 1. The summed E-state index contributed by atoms with van der Waals surface area (Å²) in [5.74, 6) is -1.93. The van der Waals surface area contributed by atoms with Gasteiger partial charge in [0.25, 0.3) is 6.43 Å². The van der Waals surface area contributed by atoms with Crippen LogP contribution in [-0.2, 0) is 6.18 Å². The van der Waals surface area contributed by atoms with Crippen LogP contribution in [0.15, 0.2) is 6.07 Å². The molecular formula is C8H3F5INO2. The Bertz CT molecular complexity index is 460. The molecule has 0 amide bonds. The zero-order valence-electron chi connectivity index (χ0n) is 7.73. The Morgan fingerprint density at radius 1 is 1.41 bits per heavy atom. The molecule has 1 aromatic heterocycles. The van der Waals surface area contributed by atoms with Crippen LogP contribution in [0.5, 0.6) is 0 Å². The van der Waals surface area contributed by atoms with E-state index in [1.54, 1.807) is 0 Å². The lowest BCUT2D eigenvalue weighted by Crippen LogP contribution is -2.16. The van der Waals surface area contributed by atoms with E-state index in [4.69, 9.17) is 5.11 Å². The number of carboxylic acid groups (broad SMARTS) is 1. The Kier molecular flexibility index (Phi) is 3.89. The van der Waals surface area contributed by atoms with Crippen LogP contribution in [0, 0.1) is 3.57 Å². The first-order chi connectivity index (χ1) is 7.64. The van der Waals surface area contributed by atoms with Gasteiger partial charge in [-0.2, -0.15) is 13.2 Å². The van der Waals surface area contributed by atoms with Crippen molar-refractivity contribution in [2.45, 2.75) is 12.6 Å². The topological polar surface area (TPSA) is 50.2 Å². The summed E-state index contributed by atoms with van der Waals surface area (Å²) in [6.45, 7) is 0. The molecule has 0 atom stereocenters. The first-order valence-corrected chi connectivity index (χ1v) is 5.01. The molecule has 0 aromatic carbocycles. The summed E-state index contributed by atoms with van der Waals surface area (Å²) < 4.78 is 61.4. The van der Waals surface area contributed by atoms with Gasteiger partial charge in [-0.3, -0.25) is 0 Å². The van der Waals surface area contributed by atoms with E-state index in [1.165, 1.54) is 22.6 Å². The highest BCUT2D eigenvalue weighted by molar-refractivity contribution is 14.1. The van der Waals surface area contributed by atoms with Gasteiger partial charge in [0, 0.05) is 3.57 Å². The predicted octanol–water partition coefficient (Wildman–Crippen LogP) is 3.34. The number of hydrogen-bond donors (Lipinski definition) is 1. The molecule has 0 aliphatic rings. The molecule has 0 aliphatic carbocycles. The van der Waals surface area contributed by atoms with Crippen LogP contribution >= 0.6 is 22.6 Å². The van der Waals surface area contributed by atoms with Crippen molar-refractivity contribution in [2.75, 3.05) is 0 Å². The molecule has 1 aromatic rings. The third-order valence-electron chi connectivity index (χ3n) is 1.72. The summed E-state index contributed by atoms with van der Waals surface area (Å²) in [7, 11) is 0. The van der Waals surface area contributed by atoms with E-state index < -0.39 is 39.1 Å². The van der Waals surface area contributed by atoms with Gasteiger partial charge >= 0.3 is 12.1 Å². The fourth-order valence-electron chi connectivity index (χ4n) is 1.04. The van der Waals surface area contributed by atoms with Crippen LogP contribution in [-0.4, -0.2) is 16.1 Å². The lowest BCUT2D eigenvalue weighted by molar-refractivity contribution is -0.141. The molecule has 1 rings (SSSR count). The van der Waals surface area contributed by atoms with Gasteiger partial charge in [0.15, 0.2) is 5.69 Å². The van der Waals surface area contributed by atoms with Gasteiger partial charge < -0.3 is 5.11 Å². The Morgan fingerprint density at radius 3 is 2.29 bits per heavy atom. The minimum atomic E-state index is -4.88. The van der Waals surface area contributed by atoms with Crippen LogP contribution < -0.4 is 0 Å². The van der Waals surface area contributed by atoms with E-state index in [2.05, 4.69) is 4.98 Å². The summed E-state index contributed by atoms with van der Waals surface area (Å²) in [6.07, 6.45) is -8.09. The second-order valence-corrected chi connectivity index (χ2v) is 4.02. The number of aromatic carboxylic acids is 1. The quantitative estimate of drug-likeness (QED) is 0.645. The Balaban J connectivity index is 3.53. The van der Waals surface area contributed by atoms with Crippen LogP contribution in [0.1, 0.15) is 28.2 Å². The summed E-state index contributed by atoms with van der Waals surface area (Å²) in [5, 5.41) is 8.56. The van der Waals surface area contributed by atoms with Gasteiger partial charge in [0.1, 0.15) is 5.69 Å². The van der Waals surface area contributed by atoms with Gasteiger partial charge in [-0.05, 0) is 28.7 Å². The van der Waals surface area contributed by atoms with Gasteiger partial charge in [-0.1, -0.05) is 0 Å². The maximum atomic E-state index is 12.5. The fraction of sp³-hybridized carbons (Fsp3) is 0.250. The van der Waals surface area contributed by atoms with Crippen molar-refractivity contribution in [1.82, 2.24) is 4.98 Å². The van der Waals surface area contributed by atoms with Crippen molar-refractivity contribution >= 4 is 28.6 Å². The SMILES string of the molecule is O=C(O)c1nc(C(F)(F)F)cc(I)c1C(F)F. The Morgan fingerprint density at radius 2 is 1.94 bits per heavy atom. The number of carbonyl (C=O) groups is 1. The number of hydrogen-bond acceptors (Lipinski definition) is 2. The van der Waals surface area contributed by atoms with E-state index in [0.29, 0.717) is 6.07 Å². The smallest absolute Gasteiger partial charge is 0.433 e. The van der Waals surface area contributed by atoms with Crippen LogP contribution in [0.3, 0.4) is 0 Å². The molecule has 17 heavy (non-hydrogen) atoms. The van der Waals surface area contributed by atoms with Crippen molar-refractivity contribution in [1.29, 1.82) is 0 Å². The minimum absolute atomic E-state index is 0.383. The molecule has 0 radical (unpaired) electrons. The highest BCUT2D eigenvalue weighted by Crippen LogP contribution is 2.33. The zero-order valence-corrected chi connectivity index (χ0v) is 9.88. The summed E-state index contributed by atoms with van der Waals surface area (Å²) >= 11 is 1.22. The van der Waals surface area contributed by atoms with Crippen LogP contribution in [0.4, 0.5) is 22.0 Å². The van der Waals surface area contributed by atoms with E-state index in [-0.39, 0.29) is 0 Å². The number of nitrogens with zero attached hydrogens (tertiary/aromatic N) is 1. The lowest BCUT2D eigenvalue weighted by atomic mass is 10.1. The van der Waals surface area contributed by atoms with E-state index >= 15 is 0 Å². The van der Waals surface area contributed by atoms with E-state index in [0.717, 1.165) is 0 Å². The Labute approximate surface area is 105 Å². The maximum absolute atomic E-state index is 12.5. The first kappa shape index (κ1) is 14.1. The molecular weight excluding hydrogens is 364 g/mol. The van der Waals surface area contributed by atoms with Gasteiger partial charge in [-0.15, -0.1) is 0 Å². The molecule has 0 aliphatic heterocycles. The molecule has 9 heteroatoms. The van der Waals surface area contributed by atoms with Crippen molar-refractivity contribution < 1.29 is 31.9 Å². The largest absolute Gasteiger partial charge is 0.476 e. The van der Waals surface area contributed by atoms with E-state index in [9.17, 15) is 26.7 Å². The lowest BCUT2D eigenvalue weighted by Gasteiger charge is -2.11. The predicted molar refractivity (Wildman–Crippen MR) is 53.9 cm³/mol. The second kappa shape index (κ2) is 4.70. The zero-order chi connectivity index (χ0) is 13.4. The first-order valence-electron chi connectivity index (χ1n) is 3.93. The van der Waals surface area contributed by atoms with Crippen molar-refractivity contribution in [3.63, 3.8) is 0 Å². The molecule has 0 bridgehead atoms. The molecule has 1 N–H and O–H groups in total. The molecule has 0 spiro atoms. The average molecular weight is 367 g/mol. The third-order valence-corrected chi connectivity index (χ3v) is 2.61. The normalized spacial score (nSPS) is 11.9. The molecule has 1 heterocycles. The second-order valence-electron chi connectivity index (χ2n) is 2.86. The van der Waals surface area contributed by atoms with Crippen molar-refractivity contribution in [2.24, 2.45) is 0 Å². The maximum Gasteiger partial charge on any atom is 0.433 e. The average Bonchev–Trinajstić information content (AvgIpc) is 2.13. The molecule has 3 nitrogen and oxygen atoms in total. The van der Waals surface area contributed by atoms with Crippen molar-refractivity contribution in [3.05, 3.63) is 26.6 Å². The Hall–Kier alpha value is -1.00. The number of pyridine rings is 1. The number of alkyl halides is 5. The van der Waals surface area contributed by atoms with Gasteiger partial charge in [0.2, 0.25) is 0 Å². The van der Waals surface area contributed by atoms with Gasteiger partial charge in [0.05, 0.1) is 5.56 Å². The van der Waals surface area contributed by atoms with Gasteiger partial charge in [-0.25, -0.2) is 18.6 Å². The van der Waals surface area contributed by atoms with E-state index in [1.807, 2.05) is 0 Å². The minimum Gasteiger partial charge on any atom is -0.476 e. The monoisotopic (exact) mass is 367 g/mol. The van der Waals surface area contributed by atoms with Crippen LogP contribution in [0.25, 0.3) is 0 Å². The number of halogens is 6. The molecule has 0 fully saturated rings. The molecule has 0 saturated heterocycles. The van der Waals surface area contributed by atoms with Crippen molar-refractivity contribution in [3.8, 4) is 0 Å². The fourth-order valence-corrected chi connectivity index (χ4v) is 1.83. The number of aromatic nitrogens is 1. The summed E-state index contributed by atoms with van der Waals surface area (Å²) in [6, 6.07) is 0.383. The molecule has 0 saturated carbocycles. The highest BCUT2D eigenvalue weighted by atomic mass is 127. The molecule has 94 valence electrons.